The molecule has 0 saturated heterocycles. The molecule has 0 N–H and O–H groups in total. The van der Waals surface area contributed by atoms with Crippen LogP contribution in [0.4, 0.5) is 0 Å². The van der Waals surface area contributed by atoms with Gasteiger partial charge in [-0.25, -0.2) is 0 Å². The molecular formula is C61H35NO. The molecule has 15 rings (SSSR count). The number of furan rings is 1. The third-order valence-electron chi connectivity index (χ3n) is 14.5. The van der Waals surface area contributed by atoms with Crippen LogP contribution in [-0.4, -0.2) is 4.57 Å². The van der Waals surface area contributed by atoms with Gasteiger partial charge in [-0.1, -0.05) is 170 Å². The van der Waals surface area contributed by atoms with Crippen LogP contribution in [0, 0.1) is 0 Å². The molecule has 0 aliphatic heterocycles. The average molecular weight is 798 g/mol. The first kappa shape index (κ1) is 33.5. The summed E-state index contributed by atoms with van der Waals surface area (Å²) in [7, 11) is 0. The summed E-state index contributed by atoms with van der Waals surface area (Å²) in [5, 5.41) is 9.94. The molecule has 0 amide bonds. The molecule has 63 heavy (non-hydrogen) atoms. The summed E-state index contributed by atoms with van der Waals surface area (Å²) < 4.78 is 8.87. The molecule has 0 saturated carbocycles. The molecule has 2 heteroatoms. The topological polar surface area (TPSA) is 18.1 Å². The third kappa shape index (κ3) is 4.18. The zero-order valence-electron chi connectivity index (χ0n) is 34.1. The third-order valence-corrected chi connectivity index (χ3v) is 14.5. The Morgan fingerprint density at radius 2 is 0.873 bits per heavy atom. The molecule has 11 aromatic carbocycles. The molecule has 0 fully saturated rings. The summed E-state index contributed by atoms with van der Waals surface area (Å²) >= 11 is 0. The predicted octanol–water partition coefficient (Wildman–Crippen LogP) is 16.1. The fourth-order valence-corrected chi connectivity index (χ4v) is 12.1. The molecule has 13 aromatic rings. The summed E-state index contributed by atoms with van der Waals surface area (Å²) in [5.74, 6) is 0. The molecule has 2 heterocycles. The lowest BCUT2D eigenvalue weighted by Crippen LogP contribution is -2.25. The van der Waals surface area contributed by atoms with Crippen LogP contribution < -0.4 is 0 Å². The van der Waals surface area contributed by atoms with Crippen LogP contribution >= 0.6 is 0 Å². The fraction of sp³-hybridized carbons (Fsp3) is 0.0164. The van der Waals surface area contributed by atoms with Crippen LogP contribution in [0.15, 0.2) is 217 Å². The molecule has 2 nitrogen and oxygen atoms in total. The van der Waals surface area contributed by atoms with Crippen LogP contribution in [0.25, 0.3) is 115 Å². The van der Waals surface area contributed by atoms with Crippen molar-refractivity contribution >= 4 is 65.3 Å². The molecule has 1 spiro atoms. The maximum Gasteiger partial charge on any atom is 0.136 e. The lowest BCUT2D eigenvalue weighted by molar-refractivity contribution is 0.669. The highest BCUT2D eigenvalue weighted by Crippen LogP contribution is 2.64. The lowest BCUT2D eigenvalue weighted by atomic mass is 9.70. The van der Waals surface area contributed by atoms with Crippen molar-refractivity contribution in [3.05, 3.63) is 235 Å². The Labute approximate surface area is 362 Å². The van der Waals surface area contributed by atoms with E-state index in [1.807, 2.05) is 0 Å². The zero-order chi connectivity index (χ0) is 41.0. The molecule has 0 atom stereocenters. The van der Waals surface area contributed by atoms with Gasteiger partial charge in [0.2, 0.25) is 0 Å². The maximum atomic E-state index is 6.33. The van der Waals surface area contributed by atoms with Crippen molar-refractivity contribution in [2.45, 2.75) is 5.41 Å². The second-order valence-corrected chi connectivity index (χ2v) is 17.5. The highest BCUT2D eigenvalue weighted by Gasteiger charge is 2.52. The Kier molecular flexibility index (Phi) is 6.38. The Balaban J connectivity index is 0.932. The molecule has 2 aliphatic rings. The van der Waals surface area contributed by atoms with Crippen LogP contribution in [0.5, 0.6) is 0 Å². The number of hydrogen-bond donors (Lipinski definition) is 0. The van der Waals surface area contributed by atoms with Gasteiger partial charge in [0.25, 0.3) is 0 Å². The number of benzene rings is 11. The number of aromatic nitrogens is 1. The van der Waals surface area contributed by atoms with Crippen LogP contribution in [0.1, 0.15) is 22.3 Å². The monoisotopic (exact) mass is 797 g/mol. The second kappa shape index (κ2) is 12.0. The molecule has 0 bridgehead atoms. The SMILES string of the molecule is c1cc(-c2cccc(-n3c4ccccc4c4ccc5c(c43)-c3ccccc3C53c4ccccc4-c4ccccc43)c2)cc(-c2ccc3c(c2)c2cccc4oc5cccc3c5c42)c1. The van der Waals surface area contributed by atoms with E-state index in [4.69, 9.17) is 4.42 Å². The zero-order valence-corrected chi connectivity index (χ0v) is 34.1. The molecule has 2 aliphatic carbocycles. The van der Waals surface area contributed by atoms with Gasteiger partial charge < -0.3 is 8.98 Å². The van der Waals surface area contributed by atoms with Gasteiger partial charge in [-0.2, -0.15) is 0 Å². The van der Waals surface area contributed by atoms with Crippen molar-refractivity contribution in [1.82, 2.24) is 4.57 Å². The van der Waals surface area contributed by atoms with E-state index in [9.17, 15) is 0 Å². The number of para-hydroxylation sites is 1. The summed E-state index contributed by atoms with van der Waals surface area (Å²) in [4.78, 5) is 0. The minimum absolute atomic E-state index is 0.409. The first-order valence-electron chi connectivity index (χ1n) is 21.9. The Bertz CT molecular complexity index is 4060. The van der Waals surface area contributed by atoms with Crippen molar-refractivity contribution in [3.8, 4) is 50.2 Å². The number of rotatable bonds is 3. The number of hydrogen-bond acceptors (Lipinski definition) is 1. The van der Waals surface area contributed by atoms with Crippen molar-refractivity contribution in [3.63, 3.8) is 0 Å². The first-order chi connectivity index (χ1) is 31.3. The van der Waals surface area contributed by atoms with E-state index in [2.05, 4.69) is 217 Å². The largest absolute Gasteiger partial charge is 0.456 e. The summed E-state index contributed by atoms with van der Waals surface area (Å²) in [6, 6.07) is 79.1. The minimum atomic E-state index is -0.409. The van der Waals surface area contributed by atoms with Crippen LogP contribution in [-0.2, 0) is 5.41 Å². The van der Waals surface area contributed by atoms with E-state index in [0.717, 1.165) is 16.9 Å². The highest BCUT2D eigenvalue weighted by molar-refractivity contribution is 6.33. The van der Waals surface area contributed by atoms with Gasteiger partial charge in [0.1, 0.15) is 11.2 Å². The van der Waals surface area contributed by atoms with Gasteiger partial charge in [0.05, 0.1) is 16.4 Å². The van der Waals surface area contributed by atoms with Crippen LogP contribution in [0.3, 0.4) is 0 Å². The normalized spacial score (nSPS) is 13.5. The van der Waals surface area contributed by atoms with E-state index in [-0.39, 0.29) is 0 Å². The van der Waals surface area contributed by atoms with E-state index in [1.54, 1.807) is 0 Å². The van der Waals surface area contributed by atoms with E-state index < -0.39 is 5.41 Å². The molecular weight excluding hydrogens is 763 g/mol. The van der Waals surface area contributed by atoms with E-state index in [0.29, 0.717) is 0 Å². The molecule has 2 aromatic heterocycles. The number of nitrogens with zero attached hydrogens (tertiary/aromatic N) is 1. The molecule has 0 unspecified atom stereocenters. The van der Waals surface area contributed by atoms with Gasteiger partial charge in [-0.15, -0.1) is 0 Å². The Morgan fingerprint density at radius 3 is 1.60 bits per heavy atom. The number of fused-ring (bicyclic) bond motifs is 17. The summed E-state index contributed by atoms with van der Waals surface area (Å²) in [6.07, 6.45) is 0. The fourth-order valence-electron chi connectivity index (χ4n) is 12.1. The van der Waals surface area contributed by atoms with Crippen molar-refractivity contribution in [1.29, 1.82) is 0 Å². The summed E-state index contributed by atoms with van der Waals surface area (Å²) in [6.45, 7) is 0. The predicted molar refractivity (Wildman–Crippen MR) is 261 cm³/mol. The standard InChI is InChI=1S/C61H35NO/c1-5-23-50-42(17-1)43-18-2-6-24-51(43)61(50)52-25-7-3-20-48(52)57-53(61)32-31-47-44-19-4-8-26-54(44)62(60(47)57)40-16-10-15-38(34-40)36-13-9-14-37(33-36)39-29-30-41-45-21-11-27-55-58(45)59-46(49(41)35-39)22-12-28-56(59)63-55/h1-35H. The van der Waals surface area contributed by atoms with Crippen molar-refractivity contribution in [2.24, 2.45) is 0 Å². The van der Waals surface area contributed by atoms with Gasteiger partial charge in [-0.3, -0.25) is 0 Å². The Morgan fingerprint density at radius 1 is 0.333 bits per heavy atom. The lowest BCUT2D eigenvalue weighted by Gasteiger charge is -2.30. The average Bonchev–Trinajstić information content (AvgIpc) is 4.08. The molecule has 0 radical (unpaired) electrons. The smallest absolute Gasteiger partial charge is 0.136 e. The summed E-state index contributed by atoms with van der Waals surface area (Å²) in [5.41, 5.74) is 20.6. The Hall–Kier alpha value is -8.20. The van der Waals surface area contributed by atoms with Gasteiger partial charge in [-0.05, 0) is 125 Å². The van der Waals surface area contributed by atoms with Crippen LogP contribution in [0.2, 0.25) is 0 Å². The maximum absolute atomic E-state index is 6.33. The highest BCUT2D eigenvalue weighted by atomic mass is 16.3. The minimum Gasteiger partial charge on any atom is -0.456 e. The van der Waals surface area contributed by atoms with Crippen molar-refractivity contribution < 1.29 is 4.42 Å². The van der Waals surface area contributed by atoms with Gasteiger partial charge in [0.15, 0.2) is 0 Å². The molecule has 290 valence electrons. The van der Waals surface area contributed by atoms with Gasteiger partial charge in [0, 0.05) is 32.8 Å². The van der Waals surface area contributed by atoms with E-state index >= 15 is 0 Å². The first-order valence-corrected chi connectivity index (χ1v) is 21.9. The van der Waals surface area contributed by atoms with Crippen molar-refractivity contribution in [2.75, 3.05) is 0 Å². The van der Waals surface area contributed by atoms with E-state index in [1.165, 1.54) is 121 Å². The van der Waals surface area contributed by atoms with Gasteiger partial charge >= 0.3 is 0 Å². The quantitative estimate of drug-likeness (QED) is 0.163. The second-order valence-electron chi connectivity index (χ2n) is 17.5.